The number of fused-ring (bicyclic) bond motifs is 2. The average molecular weight is 356 g/mol. The molecule has 4 heterocycles. The van der Waals surface area contributed by atoms with E-state index in [1.54, 1.807) is 6.20 Å². The normalized spacial score (nSPS) is 16.9. The van der Waals surface area contributed by atoms with Crippen molar-refractivity contribution in [1.82, 2.24) is 24.8 Å². The summed E-state index contributed by atoms with van der Waals surface area (Å²) in [6, 6.07) is 6.32. The summed E-state index contributed by atoms with van der Waals surface area (Å²) in [4.78, 5) is 25.5. The van der Waals surface area contributed by atoms with E-state index < -0.39 is 0 Å². The Morgan fingerprint density at radius 3 is 3.04 bits per heavy atom. The molecule has 0 atom stereocenters. The second-order valence-electron chi connectivity index (χ2n) is 6.17. The number of rotatable bonds is 2. The molecule has 1 fully saturated rings. The van der Waals surface area contributed by atoms with Crippen molar-refractivity contribution >= 4 is 28.5 Å². The molecule has 8 heteroatoms. The molecule has 0 bridgehead atoms. The van der Waals surface area contributed by atoms with E-state index in [0.29, 0.717) is 25.0 Å². The summed E-state index contributed by atoms with van der Waals surface area (Å²) in [6.45, 7) is 0.756. The molecule has 0 spiro atoms. The van der Waals surface area contributed by atoms with Gasteiger partial charge in [-0.3, -0.25) is 4.79 Å². The van der Waals surface area contributed by atoms with Crippen LogP contribution in [-0.2, 0) is 0 Å². The highest BCUT2D eigenvalue weighted by atomic mass is 35.5. The Balaban J connectivity index is 1.73. The lowest BCUT2D eigenvalue weighted by Gasteiger charge is -2.11. The maximum atomic E-state index is 12.1. The predicted molar refractivity (Wildman–Crippen MR) is 91.9 cm³/mol. The SMILES string of the molecule is O=C1NCCOc2nc(-c3cc4cccnc4n3C3CC3)nc(Cl)c21. The number of hydrogen-bond acceptors (Lipinski definition) is 5. The van der Waals surface area contributed by atoms with Gasteiger partial charge in [-0.25, -0.2) is 9.97 Å². The minimum Gasteiger partial charge on any atom is -0.475 e. The monoisotopic (exact) mass is 355 g/mol. The quantitative estimate of drug-likeness (QED) is 0.714. The number of carbonyl (C=O) groups excluding carboxylic acids is 1. The van der Waals surface area contributed by atoms with Gasteiger partial charge in [0.25, 0.3) is 5.91 Å². The van der Waals surface area contributed by atoms with Crippen LogP contribution in [-0.4, -0.2) is 38.6 Å². The van der Waals surface area contributed by atoms with Gasteiger partial charge in [-0.05, 0) is 31.0 Å². The lowest BCUT2D eigenvalue weighted by atomic mass is 10.2. The molecule has 1 saturated carbocycles. The molecule has 1 aliphatic carbocycles. The van der Waals surface area contributed by atoms with E-state index >= 15 is 0 Å². The van der Waals surface area contributed by atoms with E-state index in [1.165, 1.54) is 0 Å². The number of halogens is 1. The zero-order chi connectivity index (χ0) is 17.0. The van der Waals surface area contributed by atoms with Crippen molar-refractivity contribution in [2.45, 2.75) is 18.9 Å². The molecule has 126 valence electrons. The fourth-order valence-electron chi connectivity index (χ4n) is 3.15. The third kappa shape index (κ3) is 2.34. The first-order valence-corrected chi connectivity index (χ1v) is 8.55. The maximum absolute atomic E-state index is 12.1. The first kappa shape index (κ1) is 14.7. The van der Waals surface area contributed by atoms with Crippen LogP contribution in [0.4, 0.5) is 0 Å². The van der Waals surface area contributed by atoms with E-state index in [9.17, 15) is 4.79 Å². The summed E-state index contributed by atoms with van der Waals surface area (Å²) >= 11 is 6.29. The summed E-state index contributed by atoms with van der Waals surface area (Å²) in [5, 5.41) is 3.84. The van der Waals surface area contributed by atoms with Crippen LogP contribution in [0.25, 0.3) is 22.6 Å². The van der Waals surface area contributed by atoms with E-state index in [-0.39, 0.29) is 22.5 Å². The third-order valence-corrected chi connectivity index (χ3v) is 4.70. The molecule has 2 aliphatic rings. The Morgan fingerprint density at radius 2 is 2.20 bits per heavy atom. The van der Waals surface area contributed by atoms with Crippen LogP contribution in [0.1, 0.15) is 29.2 Å². The molecule has 3 aromatic rings. The van der Waals surface area contributed by atoms with Gasteiger partial charge < -0.3 is 14.6 Å². The maximum Gasteiger partial charge on any atom is 0.260 e. The van der Waals surface area contributed by atoms with Crippen molar-refractivity contribution in [3.8, 4) is 17.4 Å². The Bertz CT molecular complexity index is 1010. The Hall–Kier alpha value is -2.67. The smallest absolute Gasteiger partial charge is 0.260 e. The van der Waals surface area contributed by atoms with Crippen molar-refractivity contribution < 1.29 is 9.53 Å². The minimum absolute atomic E-state index is 0.0972. The summed E-state index contributed by atoms with van der Waals surface area (Å²) < 4.78 is 7.77. The molecule has 0 radical (unpaired) electrons. The molecule has 0 saturated heterocycles. The van der Waals surface area contributed by atoms with Crippen LogP contribution in [0.3, 0.4) is 0 Å². The highest BCUT2D eigenvalue weighted by Gasteiger charge is 2.31. The third-order valence-electron chi connectivity index (χ3n) is 4.42. The molecule has 5 rings (SSSR count). The van der Waals surface area contributed by atoms with E-state index in [1.807, 2.05) is 18.2 Å². The first-order chi connectivity index (χ1) is 12.2. The molecule has 1 N–H and O–H groups in total. The topological polar surface area (TPSA) is 81.9 Å². The number of hydrogen-bond donors (Lipinski definition) is 1. The van der Waals surface area contributed by atoms with Gasteiger partial charge in [0.2, 0.25) is 5.88 Å². The van der Waals surface area contributed by atoms with Gasteiger partial charge in [-0.2, -0.15) is 4.98 Å². The van der Waals surface area contributed by atoms with Gasteiger partial charge >= 0.3 is 0 Å². The Morgan fingerprint density at radius 1 is 1.32 bits per heavy atom. The lowest BCUT2D eigenvalue weighted by Crippen LogP contribution is -2.24. The molecule has 0 unspecified atom stereocenters. The van der Waals surface area contributed by atoms with Gasteiger partial charge in [0, 0.05) is 17.6 Å². The molecule has 1 amide bonds. The highest BCUT2D eigenvalue weighted by Crippen LogP contribution is 2.42. The van der Waals surface area contributed by atoms with Crippen molar-refractivity contribution in [2.75, 3.05) is 13.2 Å². The number of pyridine rings is 1. The van der Waals surface area contributed by atoms with Crippen LogP contribution >= 0.6 is 11.6 Å². The van der Waals surface area contributed by atoms with Gasteiger partial charge in [-0.1, -0.05) is 11.6 Å². The molecule has 25 heavy (non-hydrogen) atoms. The summed E-state index contributed by atoms with van der Waals surface area (Å²) in [5.74, 6) is 0.363. The fraction of sp³-hybridized carbons (Fsp3) is 0.294. The van der Waals surface area contributed by atoms with Gasteiger partial charge in [-0.15, -0.1) is 0 Å². The Labute approximate surface area is 148 Å². The second-order valence-corrected chi connectivity index (χ2v) is 6.53. The lowest BCUT2D eigenvalue weighted by molar-refractivity contribution is 0.0957. The van der Waals surface area contributed by atoms with Crippen molar-refractivity contribution in [3.05, 3.63) is 35.1 Å². The molecule has 0 aromatic carbocycles. The number of nitrogens with one attached hydrogen (secondary N) is 1. The molecular weight excluding hydrogens is 342 g/mol. The summed E-state index contributed by atoms with van der Waals surface area (Å²) in [5.41, 5.74) is 1.94. The molecule has 1 aliphatic heterocycles. The van der Waals surface area contributed by atoms with Crippen molar-refractivity contribution in [3.63, 3.8) is 0 Å². The second kappa shape index (κ2) is 5.42. The molecular formula is C17H14ClN5O2. The summed E-state index contributed by atoms with van der Waals surface area (Å²) in [6.07, 6.45) is 3.99. The number of nitrogens with zero attached hydrogens (tertiary/aromatic N) is 4. The first-order valence-electron chi connectivity index (χ1n) is 8.17. The van der Waals surface area contributed by atoms with E-state index in [2.05, 4.69) is 24.8 Å². The van der Waals surface area contributed by atoms with Crippen LogP contribution in [0.2, 0.25) is 5.15 Å². The van der Waals surface area contributed by atoms with Gasteiger partial charge in [0.15, 0.2) is 5.82 Å². The summed E-state index contributed by atoms with van der Waals surface area (Å²) in [7, 11) is 0. The highest BCUT2D eigenvalue weighted by molar-refractivity contribution is 6.33. The number of aromatic nitrogens is 4. The molecule has 3 aromatic heterocycles. The Kier molecular flexibility index (Phi) is 3.18. The minimum atomic E-state index is -0.312. The largest absolute Gasteiger partial charge is 0.475 e. The number of ether oxygens (including phenoxy) is 1. The van der Waals surface area contributed by atoms with E-state index in [4.69, 9.17) is 16.3 Å². The van der Waals surface area contributed by atoms with Crippen molar-refractivity contribution in [1.29, 1.82) is 0 Å². The number of amides is 1. The van der Waals surface area contributed by atoms with E-state index in [0.717, 1.165) is 29.6 Å². The van der Waals surface area contributed by atoms with Crippen LogP contribution in [0.15, 0.2) is 24.4 Å². The molecule has 7 nitrogen and oxygen atoms in total. The van der Waals surface area contributed by atoms with Gasteiger partial charge in [0.1, 0.15) is 23.0 Å². The van der Waals surface area contributed by atoms with Crippen molar-refractivity contribution in [2.24, 2.45) is 0 Å². The zero-order valence-electron chi connectivity index (χ0n) is 13.2. The predicted octanol–water partition coefficient (Wildman–Crippen LogP) is 2.60. The zero-order valence-corrected chi connectivity index (χ0v) is 14.0. The fourth-order valence-corrected chi connectivity index (χ4v) is 3.40. The van der Waals surface area contributed by atoms with Crippen LogP contribution < -0.4 is 10.1 Å². The van der Waals surface area contributed by atoms with Crippen LogP contribution in [0.5, 0.6) is 5.88 Å². The van der Waals surface area contributed by atoms with Gasteiger partial charge in [0.05, 0.1) is 12.2 Å². The van der Waals surface area contributed by atoms with Crippen LogP contribution in [0, 0.1) is 0 Å². The average Bonchev–Trinajstić information content (AvgIpc) is 3.39. The number of carbonyl (C=O) groups is 1. The standard InChI is InChI=1S/C17H14ClN5O2/c18-13-12-16(24)20-6-7-25-17(12)22-14(21-13)11-8-9-2-1-5-19-15(9)23(11)10-3-4-10/h1-2,5,8,10H,3-4,6-7H2,(H,20,24).